The van der Waals surface area contributed by atoms with Crippen LogP contribution in [0, 0.1) is 23.7 Å². The first kappa shape index (κ1) is 24.8. The molecule has 0 bridgehead atoms. The van der Waals surface area contributed by atoms with Crippen LogP contribution in [0.5, 0.6) is 0 Å². The third kappa shape index (κ3) is 4.03. The Hall–Kier alpha value is -3.50. The van der Waals surface area contributed by atoms with Crippen molar-refractivity contribution in [2.75, 3.05) is 23.9 Å². The minimum absolute atomic E-state index is 0.185. The van der Waals surface area contributed by atoms with Gasteiger partial charge in [-0.1, -0.05) is 18.2 Å². The Kier molecular flexibility index (Phi) is 6.31. The fourth-order valence-corrected chi connectivity index (χ4v) is 6.34. The fraction of sp³-hybridized carbons (Fsp3) is 0.379. The number of fused-ring (bicyclic) bond motifs is 3. The molecule has 2 saturated heterocycles. The maximum atomic E-state index is 13.8. The molecule has 3 aliphatic rings. The van der Waals surface area contributed by atoms with Crippen LogP contribution in [0.1, 0.15) is 30.5 Å². The third-order valence-electron chi connectivity index (χ3n) is 8.08. The van der Waals surface area contributed by atoms with Crippen molar-refractivity contribution in [1.82, 2.24) is 0 Å². The van der Waals surface area contributed by atoms with E-state index in [-0.39, 0.29) is 31.4 Å². The quantitative estimate of drug-likeness (QED) is 0.405. The summed E-state index contributed by atoms with van der Waals surface area (Å²) < 4.78 is 17.2. The molecule has 9 heteroatoms. The number of aliphatic hydroxyl groups is 2. The van der Waals surface area contributed by atoms with Gasteiger partial charge in [-0.15, -0.1) is 0 Å². The molecule has 6 atom stereocenters. The standard InChI is InChI=1S/C29H30N2O7/c1-36-16-17-13-22-26(23-14-25(38-29(17,23)35)24-12-11-21(15-32)37-24)28(34)31(27(22)33)20-9-7-19(8-10-20)30-18-5-3-2-4-6-18/h2-12,17,22-23,25-26,30,32,35H,13-16H2,1H3/t17-,22+,23+,25+,26+,29-/m1/s1. The van der Waals surface area contributed by atoms with E-state index in [4.69, 9.17) is 13.9 Å². The van der Waals surface area contributed by atoms with Crippen molar-refractivity contribution in [3.05, 3.63) is 78.3 Å². The van der Waals surface area contributed by atoms with E-state index >= 15 is 0 Å². The Balaban J connectivity index is 1.28. The number of hydrogen-bond acceptors (Lipinski definition) is 8. The van der Waals surface area contributed by atoms with Gasteiger partial charge in [0.05, 0.1) is 24.1 Å². The molecule has 3 N–H and O–H groups in total. The Morgan fingerprint density at radius 1 is 1.00 bits per heavy atom. The van der Waals surface area contributed by atoms with Crippen molar-refractivity contribution >= 4 is 28.9 Å². The predicted octanol–water partition coefficient (Wildman–Crippen LogP) is 3.75. The Morgan fingerprint density at radius 3 is 2.42 bits per heavy atom. The summed E-state index contributed by atoms with van der Waals surface area (Å²) in [6.07, 6.45) is -0.0283. The summed E-state index contributed by atoms with van der Waals surface area (Å²) in [4.78, 5) is 28.7. The SMILES string of the molecule is COC[C@H]1C[C@@H]2C(=O)N(c3ccc(Nc4ccccc4)cc3)C(=O)[C@@H]2[C@@H]2C[C@@H](c3ccc(CO)o3)O[C@]12O. The number of aliphatic hydroxyl groups excluding tert-OH is 1. The molecule has 3 aromatic rings. The van der Waals surface area contributed by atoms with Gasteiger partial charge in [0, 0.05) is 30.3 Å². The van der Waals surface area contributed by atoms with Crippen LogP contribution in [0.25, 0.3) is 0 Å². The van der Waals surface area contributed by atoms with Crippen molar-refractivity contribution in [3.63, 3.8) is 0 Å². The highest BCUT2D eigenvalue weighted by atomic mass is 16.6. The number of anilines is 3. The highest BCUT2D eigenvalue weighted by Gasteiger charge is 2.67. The third-order valence-corrected chi connectivity index (χ3v) is 8.08. The zero-order chi connectivity index (χ0) is 26.4. The Morgan fingerprint density at radius 2 is 1.74 bits per heavy atom. The van der Waals surface area contributed by atoms with E-state index in [9.17, 15) is 19.8 Å². The van der Waals surface area contributed by atoms with Crippen LogP contribution in [0.15, 0.2) is 71.1 Å². The highest BCUT2D eigenvalue weighted by Crippen LogP contribution is 2.58. The van der Waals surface area contributed by atoms with Crippen molar-refractivity contribution in [2.45, 2.75) is 31.3 Å². The van der Waals surface area contributed by atoms with Crippen LogP contribution in [0.2, 0.25) is 0 Å². The van der Waals surface area contributed by atoms with Gasteiger partial charge in [-0.3, -0.25) is 14.5 Å². The molecule has 1 saturated carbocycles. The zero-order valence-electron chi connectivity index (χ0n) is 20.9. The Bertz CT molecular complexity index is 1320. The maximum absolute atomic E-state index is 13.8. The molecular weight excluding hydrogens is 488 g/mol. The molecule has 0 radical (unpaired) electrons. The van der Waals surface area contributed by atoms with Crippen LogP contribution < -0.4 is 10.2 Å². The van der Waals surface area contributed by atoms with E-state index in [2.05, 4.69) is 5.32 Å². The topological polar surface area (TPSA) is 121 Å². The van der Waals surface area contributed by atoms with Crippen molar-refractivity contribution in [3.8, 4) is 0 Å². The Labute approximate surface area is 220 Å². The van der Waals surface area contributed by atoms with Gasteiger partial charge in [0.25, 0.3) is 0 Å². The van der Waals surface area contributed by atoms with Gasteiger partial charge in [-0.2, -0.15) is 0 Å². The van der Waals surface area contributed by atoms with Gasteiger partial charge in [0.15, 0.2) is 5.79 Å². The highest BCUT2D eigenvalue weighted by molar-refractivity contribution is 6.22. The van der Waals surface area contributed by atoms with Crippen molar-refractivity contribution in [1.29, 1.82) is 0 Å². The summed E-state index contributed by atoms with van der Waals surface area (Å²) in [5.74, 6) is -3.80. The fourth-order valence-electron chi connectivity index (χ4n) is 6.34. The van der Waals surface area contributed by atoms with E-state index < -0.39 is 35.6 Å². The van der Waals surface area contributed by atoms with Gasteiger partial charge in [0.2, 0.25) is 11.8 Å². The molecule has 2 aromatic carbocycles. The number of rotatable bonds is 7. The zero-order valence-corrected chi connectivity index (χ0v) is 20.9. The first-order valence-electron chi connectivity index (χ1n) is 12.8. The summed E-state index contributed by atoms with van der Waals surface area (Å²) >= 11 is 0. The average molecular weight is 519 g/mol. The molecule has 198 valence electrons. The molecule has 1 aromatic heterocycles. The largest absolute Gasteiger partial charge is 0.461 e. The van der Waals surface area contributed by atoms with Crippen LogP contribution in [-0.2, 0) is 25.7 Å². The van der Waals surface area contributed by atoms with Crippen molar-refractivity contribution < 1.29 is 33.7 Å². The molecule has 9 nitrogen and oxygen atoms in total. The molecule has 0 spiro atoms. The summed E-state index contributed by atoms with van der Waals surface area (Å²) in [7, 11) is 1.54. The first-order valence-corrected chi connectivity index (χ1v) is 12.8. The number of para-hydroxylation sites is 1. The second kappa shape index (κ2) is 9.67. The number of methoxy groups -OCH3 is 1. The number of carbonyl (C=O) groups is 2. The molecule has 3 fully saturated rings. The minimum Gasteiger partial charge on any atom is -0.461 e. The lowest BCUT2D eigenvalue weighted by molar-refractivity contribution is -0.276. The monoisotopic (exact) mass is 518 g/mol. The molecule has 2 amide bonds. The van der Waals surface area contributed by atoms with Crippen LogP contribution in [0.3, 0.4) is 0 Å². The number of carbonyl (C=O) groups excluding carboxylic acids is 2. The second-order valence-corrected chi connectivity index (χ2v) is 10.2. The molecule has 2 aliphatic heterocycles. The smallest absolute Gasteiger partial charge is 0.238 e. The molecule has 1 aliphatic carbocycles. The number of hydrogen-bond donors (Lipinski definition) is 3. The number of furan rings is 1. The number of amides is 2. The average Bonchev–Trinajstić information content (AvgIpc) is 3.61. The molecule has 6 rings (SSSR count). The van der Waals surface area contributed by atoms with Crippen molar-refractivity contribution in [2.24, 2.45) is 23.7 Å². The number of ether oxygens (including phenoxy) is 2. The summed E-state index contributed by atoms with van der Waals surface area (Å²) in [5, 5.41) is 24.5. The maximum Gasteiger partial charge on any atom is 0.238 e. The second-order valence-electron chi connectivity index (χ2n) is 10.2. The normalized spacial score (nSPS) is 30.4. The van der Waals surface area contributed by atoms with Crippen LogP contribution >= 0.6 is 0 Å². The lowest BCUT2D eigenvalue weighted by Crippen LogP contribution is -2.54. The van der Waals surface area contributed by atoms with Gasteiger partial charge in [-0.05, 0) is 61.4 Å². The minimum atomic E-state index is -1.65. The number of nitrogens with zero attached hydrogens (tertiary/aromatic N) is 1. The molecule has 0 unspecified atom stereocenters. The predicted molar refractivity (Wildman–Crippen MR) is 137 cm³/mol. The molecule has 38 heavy (non-hydrogen) atoms. The first-order chi connectivity index (χ1) is 18.4. The van der Waals surface area contributed by atoms with Crippen LogP contribution in [0.4, 0.5) is 17.1 Å². The number of nitrogens with one attached hydrogen (secondary N) is 1. The summed E-state index contributed by atoms with van der Waals surface area (Å²) in [6.45, 7) is -0.0661. The summed E-state index contributed by atoms with van der Waals surface area (Å²) in [6, 6.07) is 20.3. The molecular formula is C29H30N2O7. The van der Waals surface area contributed by atoms with Gasteiger partial charge in [0.1, 0.15) is 24.2 Å². The van der Waals surface area contributed by atoms with E-state index in [0.717, 1.165) is 11.4 Å². The van der Waals surface area contributed by atoms with E-state index in [1.54, 1.807) is 24.3 Å². The van der Waals surface area contributed by atoms with Crippen LogP contribution in [-0.4, -0.2) is 41.5 Å². The van der Waals surface area contributed by atoms with E-state index in [1.807, 2.05) is 42.5 Å². The van der Waals surface area contributed by atoms with Gasteiger partial charge < -0.3 is 29.4 Å². The lowest BCUT2D eigenvalue weighted by Gasteiger charge is -2.44. The summed E-state index contributed by atoms with van der Waals surface area (Å²) in [5.41, 5.74) is 2.26. The lowest BCUT2D eigenvalue weighted by atomic mass is 9.64. The van der Waals surface area contributed by atoms with Gasteiger partial charge >= 0.3 is 0 Å². The van der Waals surface area contributed by atoms with Gasteiger partial charge in [-0.25, -0.2) is 0 Å². The van der Waals surface area contributed by atoms with E-state index in [0.29, 0.717) is 23.6 Å². The number of imide groups is 1. The van der Waals surface area contributed by atoms with E-state index in [1.165, 1.54) is 12.0 Å². The molecule has 3 heterocycles. The number of benzene rings is 2.